The van der Waals surface area contributed by atoms with Gasteiger partial charge in [-0.1, -0.05) is 20.1 Å². The fourth-order valence-electron chi connectivity index (χ4n) is 10.9. The standard InChI is InChI=1S/C40H58O11/c1-20-5-7-24-9-10-29-22(3)13-26(46-29)11-12-40-18-33-37(50-40)34(42)38(49-33)39(51-40)35-21(2)6-8-25(47-35)14-23(41)15-28-31(17-30(20)45-24)48-32(36(28)43-4)16-27-19-44-27/h21,24-39,42H,1,3,5-19H2,2,4H3/t21?,24?,25?,26?,27?,28?,29?,30?,31?,32?,33?,34-,35?,36+,37?,38?,39-,40-/m0/s1. The van der Waals surface area contributed by atoms with Gasteiger partial charge in [0.05, 0.1) is 73.8 Å². The third-order valence-electron chi connectivity index (χ3n) is 13.7. The number of rotatable bonds is 3. The Morgan fingerprint density at radius 3 is 2.39 bits per heavy atom. The van der Waals surface area contributed by atoms with Crippen molar-refractivity contribution in [1.82, 2.24) is 0 Å². The van der Waals surface area contributed by atoms with Crippen LogP contribution in [-0.2, 0) is 47.4 Å². The number of epoxide rings is 1. The van der Waals surface area contributed by atoms with Crippen molar-refractivity contribution in [3.05, 3.63) is 24.3 Å². The Morgan fingerprint density at radius 1 is 0.804 bits per heavy atom. The first-order chi connectivity index (χ1) is 24.6. The average molecular weight is 715 g/mol. The third kappa shape index (κ3) is 6.96. The van der Waals surface area contributed by atoms with Gasteiger partial charge in [-0.25, -0.2) is 0 Å². The number of carbonyl (C=O) groups excluding carboxylic acids is 1. The summed E-state index contributed by atoms with van der Waals surface area (Å²) in [6.07, 6.45) is 6.71. The molecule has 0 radical (unpaired) electrons. The molecule has 10 rings (SSSR count). The molecule has 11 bridgehead atoms. The number of ether oxygens (including phenoxy) is 9. The zero-order chi connectivity index (χ0) is 35.0. The van der Waals surface area contributed by atoms with Gasteiger partial charge in [0.15, 0.2) is 5.79 Å². The lowest BCUT2D eigenvalue weighted by Gasteiger charge is -2.42. The van der Waals surface area contributed by atoms with Crippen LogP contribution in [0.3, 0.4) is 0 Å². The lowest BCUT2D eigenvalue weighted by Crippen LogP contribution is -2.53. The SMILES string of the molecule is C=C1CC2CC[C@]34CC5OC([C@@H](O)C5O3)[C@@H](O4)C3OC(CCC3C)CC(=O)CC3C(CC4OC(CCC4=C)CCC1O2)OC(CC1CO1)[C@@H]3OC. The number of Topliss-reactive ketones (excluding diaryl/α,β-unsaturated/α-hetero) is 1. The van der Waals surface area contributed by atoms with Crippen molar-refractivity contribution in [1.29, 1.82) is 0 Å². The highest BCUT2D eigenvalue weighted by molar-refractivity contribution is 5.79. The predicted octanol–water partition coefficient (Wildman–Crippen LogP) is 4.50. The molecule has 10 heterocycles. The van der Waals surface area contributed by atoms with E-state index >= 15 is 0 Å². The van der Waals surface area contributed by atoms with Gasteiger partial charge in [0.1, 0.15) is 30.2 Å². The second-order valence-electron chi connectivity index (χ2n) is 17.3. The molecule has 10 aliphatic rings. The highest BCUT2D eigenvalue weighted by Gasteiger charge is 2.65. The van der Waals surface area contributed by atoms with Gasteiger partial charge < -0.3 is 47.7 Å². The second-order valence-corrected chi connectivity index (χ2v) is 17.3. The summed E-state index contributed by atoms with van der Waals surface area (Å²) in [4.78, 5) is 14.0. The first-order valence-corrected chi connectivity index (χ1v) is 20.0. The summed E-state index contributed by atoms with van der Waals surface area (Å²) in [5.41, 5.74) is 2.23. The van der Waals surface area contributed by atoms with Gasteiger partial charge >= 0.3 is 0 Å². The van der Waals surface area contributed by atoms with Gasteiger partial charge in [-0.05, 0) is 68.4 Å². The maximum Gasteiger partial charge on any atom is 0.172 e. The molecule has 0 aliphatic carbocycles. The van der Waals surface area contributed by atoms with Crippen LogP contribution in [0.25, 0.3) is 0 Å². The van der Waals surface area contributed by atoms with Gasteiger partial charge in [-0.15, -0.1) is 0 Å². The molecule has 10 aliphatic heterocycles. The molecule has 11 nitrogen and oxygen atoms in total. The summed E-state index contributed by atoms with van der Waals surface area (Å²) in [7, 11) is 1.73. The van der Waals surface area contributed by atoms with Crippen LogP contribution >= 0.6 is 0 Å². The molecular formula is C40H58O11. The van der Waals surface area contributed by atoms with Crippen molar-refractivity contribution >= 4 is 5.78 Å². The summed E-state index contributed by atoms with van der Waals surface area (Å²) in [5, 5.41) is 11.4. The molecule has 10 fully saturated rings. The highest BCUT2D eigenvalue weighted by Crippen LogP contribution is 2.51. The van der Waals surface area contributed by atoms with E-state index in [1.807, 2.05) is 0 Å². The summed E-state index contributed by atoms with van der Waals surface area (Å²) in [6.45, 7) is 11.8. The zero-order valence-electron chi connectivity index (χ0n) is 30.4. The first kappa shape index (κ1) is 35.5. The van der Waals surface area contributed by atoms with E-state index in [9.17, 15) is 9.90 Å². The van der Waals surface area contributed by atoms with E-state index in [0.29, 0.717) is 32.1 Å². The van der Waals surface area contributed by atoms with Crippen molar-refractivity contribution in [2.24, 2.45) is 11.8 Å². The molecular weight excluding hydrogens is 656 g/mol. The predicted molar refractivity (Wildman–Crippen MR) is 183 cm³/mol. The Hall–Kier alpha value is -1.25. The number of ketones is 1. The largest absolute Gasteiger partial charge is 0.387 e. The van der Waals surface area contributed by atoms with E-state index in [-0.39, 0.29) is 84.8 Å². The Kier molecular flexibility index (Phi) is 9.81. The van der Waals surface area contributed by atoms with Crippen molar-refractivity contribution in [3.63, 3.8) is 0 Å². The Morgan fingerprint density at radius 2 is 1.59 bits per heavy atom. The number of hydrogen-bond donors (Lipinski definition) is 1. The van der Waals surface area contributed by atoms with Crippen molar-refractivity contribution in [2.45, 2.75) is 194 Å². The van der Waals surface area contributed by atoms with E-state index < -0.39 is 30.2 Å². The lowest BCUT2D eigenvalue weighted by molar-refractivity contribution is -0.280. The molecule has 0 saturated carbocycles. The van der Waals surface area contributed by atoms with Crippen LogP contribution < -0.4 is 0 Å². The summed E-state index contributed by atoms with van der Waals surface area (Å²) in [6, 6.07) is 0. The summed E-state index contributed by atoms with van der Waals surface area (Å²) < 4.78 is 58.7. The molecule has 1 spiro atoms. The molecule has 11 heteroatoms. The van der Waals surface area contributed by atoms with E-state index in [0.717, 1.165) is 75.5 Å². The minimum atomic E-state index is -0.875. The van der Waals surface area contributed by atoms with E-state index in [2.05, 4.69) is 20.1 Å². The number of fused-ring (bicyclic) bond motifs is 7. The van der Waals surface area contributed by atoms with E-state index in [4.69, 9.17) is 42.6 Å². The molecule has 14 unspecified atom stereocenters. The smallest absolute Gasteiger partial charge is 0.172 e. The average Bonchev–Trinajstić information content (AvgIpc) is 3.59. The molecule has 51 heavy (non-hydrogen) atoms. The Balaban J connectivity index is 0.988. The van der Waals surface area contributed by atoms with Crippen LogP contribution in [0.5, 0.6) is 0 Å². The monoisotopic (exact) mass is 714 g/mol. The van der Waals surface area contributed by atoms with Gasteiger partial charge in [-0.3, -0.25) is 4.79 Å². The molecule has 0 aromatic heterocycles. The molecule has 18 atom stereocenters. The second kappa shape index (κ2) is 14.1. The van der Waals surface area contributed by atoms with Gasteiger partial charge in [-0.2, -0.15) is 0 Å². The quantitative estimate of drug-likeness (QED) is 0.329. The molecule has 284 valence electrons. The van der Waals surface area contributed by atoms with Gasteiger partial charge in [0.2, 0.25) is 0 Å². The van der Waals surface area contributed by atoms with Gasteiger partial charge in [0.25, 0.3) is 0 Å². The minimum absolute atomic E-state index is 0.00890. The number of aliphatic hydroxyl groups excluding tert-OH is 1. The maximum atomic E-state index is 14.0. The molecule has 0 aromatic rings. The molecule has 0 aromatic carbocycles. The topological polar surface area (TPSA) is 124 Å². The van der Waals surface area contributed by atoms with Crippen molar-refractivity contribution in [2.75, 3.05) is 13.7 Å². The zero-order valence-corrected chi connectivity index (χ0v) is 30.4. The summed E-state index contributed by atoms with van der Waals surface area (Å²) in [5.74, 6) is -0.670. The number of aliphatic hydroxyl groups is 1. The third-order valence-corrected chi connectivity index (χ3v) is 13.7. The van der Waals surface area contributed by atoms with Crippen LogP contribution in [0, 0.1) is 11.8 Å². The number of hydrogen-bond acceptors (Lipinski definition) is 11. The van der Waals surface area contributed by atoms with Crippen LogP contribution in [0.1, 0.15) is 96.8 Å². The summed E-state index contributed by atoms with van der Waals surface area (Å²) >= 11 is 0. The van der Waals surface area contributed by atoms with E-state index in [1.165, 1.54) is 0 Å². The number of carbonyl (C=O) groups is 1. The maximum absolute atomic E-state index is 14.0. The number of methoxy groups -OCH3 is 1. The lowest BCUT2D eigenvalue weighted by atomic mass is 9.83. The first-order valence-electron chi connectivity index (χ1n) is 20.0. The fourth-order valence-corrected chi connectivity index (χ4v) is 10.9. The Bertz CT molecular complexity index is 1330. The molecule has 0 amide bonds. The van der Waals surface area contributed by atoms with Crippen LogP contribution in [0.4, 0.5) is 0 Å². The Labute approximate surface area is 302 Å². The minimum Gasteiger partial charge on any atom is -0.387 e. The van der Waals surface area contributed by atoms with Crippen molar-refractivity contribution < 1.29 is 52.5 Å². The van der Waals surface area contributed by atoms with Gasteiger partial charge in [0, 0.05) is 51.6 Å². The van der Waals surface area contributed by atoms with E-state index in [1.54, 1.807) is 7.11 Å². The van der Waals surface area contributed by atoms with Crippen LogP contribution in [0.15, 0.2) is 24.3 Å². The van der Waals surface area contributed by atoms with Crippen LogP contribution in [-0.4, -0.2) is 122 Å². The fraction of sp³-hybridized carbons (Fsp3) is 0.875. The van der Waals surface area contributed by atoms with Crippen molar-refractivity contribution in [3.8, 4) is 0 Å². The highest BCUT2D eigenvalue weighted by atomic mass is 16.8. The molecule has 1 N–H and O–H groups in total. The molecule has 10 saturated heterocycles. The normalized spacial score (nSPS) is 53.0. The van der Waals surface area contributed by atoms with Crippen LogP contribution in [0.2, 0.25) is 0 Å².